The molecular formula is C12H14F2N2O2. The SMILES string of the molecule is NCC1(NC(=O)c2cccc(OC(F)F)c2)CC1. The lowest BCUT2D eigenvalue weighted by atomic mass is 10.1. The molecule has 0 radical (unpaired) electrons. The second-order valence-electron chi connectivity index (χ2n) is 4.34. The van der Waals surface area contributed by atoms with Crippen molar-refractivity contribution in [3.05, 3.63) is 29.8 Å². The highest BCUT2D eigenvalue weighted by atomic mass is 19.3. The van der Waals surface area contributed by atoms with Crippen molar-refractivity contribution in [2.45, 2.75) is 25.0 Å². The first-order valence-corrected chi connectivity index (χ1v) is 5.62. The van der Waals surface area contributed by atoms with Gasteiger partial charge in [-0.15, -0.1) is 0 Å². The Bertz CT molecular complexity index is 447. The number of hydrogen-bond donors (Lipinski definition) is 2. The Kier molecular flexibility index (Phi) is 3.47. The summed E-state index contributed by atoms with van der Waals surface area (Å²) in [5, 5.41) is 2.81. The van der Waals surface area contributed by atoms with Crippen LogP contribution in [0, 0.1) is 0 Å². The van der Waals surface area contributed by atoms with Gasteiger partial charge in [0.1, 0.15) is 5.75 Å². The number of rotatable bonds is 5. The van der Waals surface area contributed by atoms with Crippen molar-refractivity contribution < 1.29 is 18.3 Å². The Balaban J connectivity index is 2.06. The molecule has 0 atom stereocenters. The van der Waals surface area contributed by atoms with E-state index in [0.29, 0.717) is 6.54 Å². The summed E-state index contributed by atoms with van der Waals surface area (Å²) in [7, 11) is 0. The molecule has 2 rings (SSSR count). The van der Waals surface area contributed by atoms with Gasteiger partial charge < -0.3 is 15.8 Å². The number of ether oxygens (including phenoxy) is 1. The van der Waals surface area contributed by atoms with Crippen LogP contribution in [0.15, 0.2) is 24.3 Å². The van der Waals surface area contributed by atoms with Crippen LogP contribution >= 0.6 is 0 Å². The second-order valence-corrected chi connectivity index (χ2v) is 4.34. The summed E-state index contributed by atoms with van der Waals surface area (Å²) in [6, 6.07) is 5.70. The van der Waals surface area contributed by atoms with Crippen LogP contribution < -0.4 is 15.8 Å². The maximum atomic E-state index is 12.0. The largest absolute Gasteiger partial charge is 0.435 e. The maximum Gasteiger partial charge on any atom is 0.387 e. The summed E-state index contributed by atoms with van der Waals surface area (Å²) < 4.78 is 28.3. The summed E-state index contributed by atoms with van der Waals surface area (Å²) in [5.41, 5.74) is 5.53. The van der Waals surface area contributed by atoms with Crippen LogP contribution in [0.2, 0.25) is 0 Å². The number of carbonyl (C=O) groups excluding carboxylic acids is 1. The number of nitrogens with one attached hydrogen (secondary N) is 1. The third-order valence-corrected chi connectivity index (χ3v) is 2.94. The van der Waals surface area contributed by atoms with E-state index in [-0.39, 0.29) is 22.8 Å². The fourth-order valence-corrected chi connectivity index (χ4v) is 1.66. The first-order valence-electron chi connectivity index (χ1n) is 5.62. The highest BCUT2D eigenvalue weighted by molar-refractivity contribution is 5.95. The van der Waals surface area contributed by atoms with Crippen molar-refractivity contribution in [2.75, 3.05) is 6.54 Å². The lowest BCUT2D eigenvalue weighted by molar-refractivity contribution is -0.0498. The molecule has 18 heavy (non-hydrogen) atoms. The Morgan fingerprint density at radius 3 is 2.78 bits per heavy atom. The number of amides is 1. The van der Waals surface area contributed by atoms with Crippen molar-refractivity contribution in [3.63, 3.8) is 0 Å². The molecule has 1 aromatic carbocycles. The molecule has 0 saturated heterocycles. The molecule has 1 fully saturated rings. The summed E-state index contributed by atoms with van der Waals surface area (Å²) in [5.74, 6) is -0.354. The van der Waals surface area contributed by atoms with Gasteiger partial charge in [-0.05, 0) is 31.0 Å². The van der Waals surface area contributed by atoms with Gasteiger partial charge in [-0.3, -0.25) is 4.79 Å². The first-order chi connectivity index (χ1) is 8.54. The zero-order valence-corrected chi connectivity index (χ0v) is 9.66. The Labute approximate surface area is 103 Å². The second kappa shape index (κ2) is 4.89. The third kappa shape index (κ3) is 2.95. The van der Waals surface area contributed by atoms with Gasteiger partial charge in [-0.1, -0.05) is 6.07 Å². The Morgan fingerprint density at radius 2 is 2.22 bits per heavy atom. The van der Waals surface area contributed by atoms with Crippen molar-refractivity contribution in [1.29, 1.82) is 0 Å². The summed E-state index contributed by atoms with van der Waals surface area (Å²) in [6.45, 7) is -2.52. The third-order valence-electron chi connectivity index (χ3n) is 2.94. The molecule has 0 heterocycles. The lowest BCUT2D eigenvalue weighted by Crippen LogP contribution is -2.42. The van der Waals surface area contributed by atoms with Crippen LogP contribution in [-0.4, -0.2) is 24.6 Å². The number of halogens is 2. The van der Waals surface area contributed by atoms with Gasteiger partial charge >= 0.3 is 6.61 Å². The highest BCUT2D eigenvalue weighted by Crippen LogP contribution is 2.34. The standard InChI is InChI=1S/C12H14F2N2O2/c13-11(14)18-9-3-1-2-8(6-9)10(17)16-12(7-15)4-5-12/h1-3,6,11H,4-5,7,15H2,(H,16,17). The predicted octanol–water partition coefficient (Wildman–Crippen LogP) is 1.51. The first kappa shape index (κ1) is 12.8. The fourth-order valence-electron chi connectivity index (χ4n) is 1.66. The molecule has 1 aliphatic carbocycles. The smallest absolute Gasteiger partial charge is 0.387 e. The van der Waals surface area contributed by atoms with E-state index in [0.717, 1.165) is 12.8 Å². The van der Waals surface area contributed by atoms with E-state index in [2.05, 4.69) is 10.1 Å². The number of hydrogen-bond acceptors (Lipinski definition) is 3. The number of benzene rings is 1. The molecule has 0 unspecified atom stereocenters. The monoisotopic (exact) mass is 256 g/mol. The lowest BCUT2D eigenvalue weighted by Gasteiger charge is -2.15. The van der Waals surface area contributed by atoms with Gasteiger partial charge in [-0.25, -0.2) is 0 Å². The van der Waals surface area contributed by atoms with Crippen LogP contribution in [0.4, 0.5) is 8.78 Å². The molecule has 98 valence electrons. The van der Waals surface area contributed by atoms with Crippen LogP contribution in [-0.2, 0) is 0 Å². The molecular weight excluding hydrogens is 242 g/mol. The minimum atomic E-state index is -2.90. The van der Waals surface area contributed by atoms with E-state index in [1.807, 2.05) is 0 Å². The summed E-state index contributed by atoms with van der Waals surface area (Å²) in [4.78, 5) is 11.9. The van der Waals surface area contributed by atoms with Gasteiger partial charge in [-0.2, -0.15) is 8.78 Å². The molecule has 0 bridgehead atoms. The zero-order valence-electron chi connectivity index (χ0n) is 9.66. The van der Waals surface area contributed by atoms with Gasteiger partial charge in [0.2, 0.25) is 0 Å². The summed E-state index contributed by atoms with van der Waals surface area (Å²) in [6.07, 6.45) is 1.70. The summed E-state index contributed by atoms with van der Waals surface area (Å²) >= 11 is 0. The predicted molar refractivity (Wildman–Crippen MR) is 61.6 cm³/mol. The Hall–Kier alpha value is -1.69. The average molecular weight is 256 g/mol. The van der Waals surface area contributed by atoms with Crippen molar-refractivity contribution in [2.24, 2.45) is 5.73 Å². The zero-order chi connectivity index (χ0) is 13.2. The topological polar surface area (TPSA) is 64.3 Å². The van der Waals surface area contributed by atoms with Crippen molar-refractivity contribution >= 4 is 5.91 Å². The molecule has 6 heteroatoms. The van der Waals surface area contributed by atoms with E-state index in [9.17, 15) is 13.6 Å². The fraction of sp³-hybridized carbons (Fsp3) is 0.417. The molecule has 1 aliphatic rings. The van der Waals surface area contributed by atoms with Gasteiger partial charge in [0.25, 0.3) is 5.91 Å². The van der Waals surface area contributed by atoms with E-state index in [1.54, 1.807) is 6.07 Å². The minimum Gasteiger partial charge on any atom is -0.435 e. The van der Waals surface area contributed by atoms with Crippen LogP contribution in [0.1, 0.15) is 23.2 Å². The average Bonchev–Trinajstić information content (AvgIpc) is 3.09. The van der Waals surface area contributed by atoms with Crippen LogP contribution in [0.3, 0.4) is 0 Å². The normalized spacial score (nSPS) is 16.4. The molecule has 3 N–H and O–H groups in total. The van der Waals surface area contributed by atoms with E-state index in [4.69, 9.17) is 5.73 Å². The molecule has 0 aromatic heterocycles. The van der Waals surface area contributed by atoms with Crippen molar-refractivity contribution in [3.8, 4) is 5.75 Å². The van der Waals surface area contributed by atoms with Gasteiger partial charge in [0.05, 0.1) is 5.54 Å². The van der Waals surface area contributed by atoms with E-state index >= 15 is 0 Å². The maximum absolute atomic E-state index is 12.0. The molecule has 1 aromatic rings. The Morgan fingerprint density at radius 1 is 1.50 bits per heavy atom. The number of carbonyl (C=O) groups is 1. The molecule has 0 aliphatic heterocycles. The van der Waals surface area contributed by atoms with Crippen molar-refractivity contribution in [1.82, 2.24) is 5.32 Å². The minimum absolute atomic E-state index is 0.0322. The molecule has 0 spiro atoms. The van der Waals surface area contributed by atoms with Gasteiger partial charge in [0.15, 0.2) is 0 Å². The quantitative estimate of drug-likeness (QED) is 0.839. The molecule has 4 nitrogen and oxygen atoms in total. The number of alkyl halides is 2. The number of nitrogens with two attached hydrogens (primary N) is 1. The van der Waals surface area contributed by atoms with E-state index < -0.39 is 6.61 Å². The van der Waals surface area contributed by atoms with E-state index in [1.165, 1.54) is 18.2 Å². The highest BCUT2D eigenvalue weighted by Gasteiger charge is 2.42. The van der Waals surface area contributed by atoms with Gasteiger partial charge in [0, 0.05) is 12.1 Å². The van der Waals surface area contributed by atoms with Crippen LogP contribution in [0.5, 0.6) is 5.75 Å². The van der Waals surface area contributed by atoms with Crippen LogP contribution in [0.25, 0.3) is 0 Å². The molecule has 1 amide bonds. The molecule has 1 saturated carbocycles.